The van der Waals surface area contributed by atoms with Crippen molar-refractivity contribution in [1.82, 2.24) is 4.98 Å². The van der Waals surface area contributed by atoms with Gasteiger partial charge in [-0.25, -0.2) is 9.78 Å². The van der Waals surface area contributed by atoms with Crippen LogP contribution in [0.25, 0.3) is 0 Å². The minimum atomic E-state index is -4.09. The van der Waals surface area contributed by atoms with E-state index >= 15 is 0 Å². The predicted octanol–water partition coefficient (Wildman–Crippen LogP) is 2.92. The van der Waals surface area contributed by atoms with E-state index in [0.717, 1.165) is 5.56 Å². The van der Waals surface area contributed by atoms with Gasteiger partial charge in [-0.2, -0.15) is 8.42 Å². The number of halogens is 1. The molecule has 2 aromatic rings. The first-order chi connectivity index (χ1) is 10.7. The monoisotopic (exact) mass is 358 g/mol. The van der Waals surface area contributed by atoms with Crippen LogP contribution in [0, 0.1) is 13.8 Å². The number of sulfonamides is 1. The van der Waals surface area contributed by atoms with E-state index < -0.39 is 21.2 Å². The molecule has 0 aliphatic rings. The lowest BCUT2D eigenvalue weighted by Gasteiger charge is -2.06. The minimum absolute atomic E-state index is 0.130. The van der Waals surface area contributed by atoms with E-state index in [0.29, 0.717) is 5.02 Å². The Kier molecular flexibility index (Phi) is 4.96. The summed E-state index contributed by atoms with van der Waals surface area (Å²) in [6.45, 7) is 5.02. The van der Waals surface area contributed by atoms with Crippen molar-refractivity contribution in [3.8, 4) is 0 Å². The van der Waals surface area contributed by atoms with Crippen LogP contribution in [0.1, 0.15) is 28.7 Å². The fraction of sp³-hybridized carbons (Fsp3) is 0.286. The highest BCUT2D eigenvalue weighted by Gasteiger charge is 2.27. The number of hydrogen-bond donors (Lipinski definition) is 1. The summed E-state index contributed by atoms with van der Waals surface area (Å²) in [5.41, 5.74) is 1.20. The number of benzene rings is 1. The Hall–Kier alpha value is -2.06. The van der Waals surface area contributed by atoms with Crippen LogP contribution in [0.3, 0.4) is 0 Å². The molecule has 0 aliphatic heterocycles. The molecule has 0 saturated heterocycles. The molecule has 0 spiro atoms. The van der Waals surface area contributed by atoms with Crippen molar-refractivity contribution in [2.45, 2.75) is 26.0 Å². The van der Waals surface area contributed by atoms with Crippen LogP contribution in [0.5, 0.6) is 0 Å². The summed E-state index contributed by atoms with van der Waals surface area (Å²) < 4.78 is 36.7. The van der Waals surface area contributed by atoms with Crippen molar-refractivity contribution in [3.63, 3.8) is 0 Å². The Morgan fingerprint density at radius 3 is 2.70 bits per heavy atom. The fourth-order valence-electron chi connectivity index (χ4n) is 1.73. The summed E-state index contributed by atoms with van der Waals surface area (Å²) in [4.78, 5) is 15.4. The molecule has 2 rings (SSSR count). The van der Waals surface area contributed by atoms with Gasteiger partial charge in [0.15, 0.2) is 0 Å². The molecule has 7 nitrogen and oxygen atoms in total. The SMILES string of the molecule is CCOC(=O)c1oc(S(=O)(=O)Nc2ccc(C)c(Cl)c2)nc1C. The van der Waals surface area contributed by atoms with E-state index in [1.165, 1.54) is 13.0 Å². The fourth-order valence-corrected chi connectivity index (χ4v) is 2.88. The highest BCUT2D eigenvalue weighted by Crippen LogP contribution is 2.23. The minimum Gasteiger partial charge on any atom is -0.460 e. The maximum atomic E-state index is 12.3. The third-order valence-corrected chi connectivity index (χ3v) is 4.44. The molecule has 0 amide bonds. The van der Waals surface area contributed by atoms with Gasteiger partial charge in [0.2, 0.25) is 5.76 Å². The molecule has 124 valence electrons. The molecule has 0 fully saturated rings. The third-order valence-electron chi connectivity index (χ3n) is 2.89. The number of carbonyl (C=O) groups is 1. The molecule has 9 heteroatoms. The van der Waals surface area contributed by atoms with Crippen molar-refractivity contribution in [2.75, 3.05) is 11.3 Å². The molecule has 0 radical (unpaired) electrons. The van der Waals surface area contributed by atoms with Crippen molar-refractivity contribution >= 4 is 33.3 Å². The molecule has 0 bridgehead atoms. The van der Waals surface area contributed by atoms with Crippen molar-refractivity contribution < 1.29 is 22.4 Å². The van der Waals surface area contributed by atoms with Gasteiger partial charge in [0.25, 0.3) is 0 Å². The first-order valence-electron chi connectivity index (χ1n) is 6.68. The molecular formula is C14H15ClN2O5S. The standard InChI is InChI=1S/C14H15ClN2O5S/c1-4-21-13(18)12-9(3)16-14(22-12)23(19,20)17-10-6-5-8(2)11(15)7-10/h5-7,17H,4H2,1-3H3. The molecule has 0 saturated carbocycles. The lowest BCUT2D eigenvalue weighted by molar-refractivity contribution is 0.0482. The van der Waals surface area contributed by atoms with Gasteiger partial charge in [-0.1, -0.05) is 17.7 Å². The number of carbonyl (C=O) groups excluding carboxylic acids is 1. The molecule has 1 aromatic carbocycles. The zero-order valence-corrected chi connectivity index (χ0v) is 14.3. The third kappa shape index (κ3) is 3.83. The van der Waals surface area contributed by atoms with E-state index in [9.17, 15) is 13.2 Å². The summed E-state index contributed by atoms with van der Waals surface area (Å²) >= 11 is 5.96. The average molecular weight is 359 g/mol. The van der Waals surface area contributed by atoms with Crippen LogP contribution in [-0.4, -0.2) is 26.0 Å². The van der Waals surface area contributed by atoms with E-state index in [-0.39, 0.29) is 23.7 Å². The normalized spacial score (nSPS) is 11.3. The van der Waals surface area contributed by atoms with Gasteiger partial charge in [0.05, 0.1) is 18.0 Å². The molecule has 1 heterocycles. The Bertz CT molecular complexity index is 845. The number of rotatable bonds is 5. The average Bonchev–Trinajstić information content (AvgIpc) is 2.86. The summed E-state index contributed by atoms with van der Waals surface area (Å²) in [6, 6.07) is 4.70. The second-order valence-corrected chi connectivity index (χ2v) is 6.65. The zero-order chi connectivity index (χ0) is 17.2. The van der Waals surface area contributed by atoms with Gasteiger partial charge >= 0.3 is 21.2 Å². The lowest BCUT2D eigenvalue weighted by atomic mass is 10.2. The molecule has 0 atom stereocenters. The molecule has 0 unspecified atom stereocenters. The quantitative estimate of drug-likeness (QED) is 0.825. The number of aromatic nitrogens is 1. The molecule has 1 aromatic heterocycles. The van der Waals surface area contributed by atoms with E-state index in [4.69, 9.17) is 20.8 Å². The molecular weight excluding hydrogens is 344 g/mol. The van der Waals surface area contributed by atoms with Crippen LogP contribution < -0.4 is 4.72 Å². The largest absolute Gasteiger partial charge is 0.460 e. The smallest absolute Gasteiger partial charge is 0.376 e. The van der Waals surface area contributed by atoms with Crippen LogP contribution in [0.4, 0.5) is 5.69 Å². The summed E-state index contributed by atoms with van der Waals surface area (Å²) in [5.74, 6) is -1.01. The van der Waals surface area contributed by atoms with Crippen LogP contribution in [0.15, 0.2) is 27.8 Å². The lowest BCUT2D eigenvalue weighted by Crippen LogP contribution is -2.13. The second-order valence-electron chi connectivity index (χ2n) is 4.68. The number of aryl methyl sites for hydroxylation is 2. The van der Waals surface area contributed by atoms with E-state index in [1.807, 2.05) is 0 Å². The van der Waals surface area contributed by atoms with Gasteiger partial charge in [0, 0.05) is 5.02 Å². The van der Waals surface area contributed by atoms with Crippen LogP contribution >= 0.6 is 11.6 Å². The van der Waals surface area contributed by atoms with Gasteiger partial charge < -0.3 is 9.15 Å². The second kappa shape index (κ2) is 6.59. The van der Waals surface area contributed by atoms with E-state index in [1.54, 1.807) is 26.0 Å². The first kappa shape index (κ1) is 17.3. The number of esters is 1. The van der Waals surface area contributed by atoms with Crippen LogP contribution in [0.2, 0.25) is 5.02 Å². The number of anilines is 1. The summed E-state index contributed by atoms with van der Waals surface area (Å²) in [5, 5.41) is -0.198. The molecule has 1 N–H and O–H groups in total. The Morgan fingerprint density at radius 1 is 1.39 bits per heavy atom. The number of oxazole rings is 1. The van der Waals surface area contributed by atoms with Gasteiger partial charge in [-0.3, -0.25) is 4.72 Å². The van der Waals surface area contributed by atoms with Crippen molar-refractivity contribution in [1.29, 1.82) is 0 Å². The van der Waals surface area contributed by atoms with Gasteiger partial charge in [-0.05, 0) is 38.5 Å². The maximum absolute atomic E-state index is 12.3. The highest BCUT2D eigenvalue weighted by atomic mass is 35.5. The predicted molar refractivity (Wildman–Crippen MR) is 84.2 cm³/mol. The van der Waals surface area contributed by atoms with Gasteiger partial charge in [-0.15, -0.1) is 0 Å². The van der Waals surface area contributed by atoms with Crippen molar-refractivity contribution in [2.24, 2.45) is 0 Å². The van der Waals surface area contributed by atoms with Crippen LogP contribution in [-0.2, 0) is 14.8 Å². The summed E-state index contributed by atoms with van der Waals surface area (Å²) in [6.07, 6.45) is 0. The van der Waals surface area contributed by atoms with E-state index in [2.05, 4.69) is 9.71 Å². The molecule has 0 aliphatic carbocycles. The highest BCUT2D eigenvalue weighted by molar-refractivity contribution is 7.92. The number of ether oxygens (including phenoxy) is 1. The zero-order valence-electron chi connectivity index (χ0n) is 12.7. The molecule has 23 heavy (non-hydrogen) atoms. The Labute approximate surface area is 138 Å². The van der Waals surface area contributed by atoms with Gasteiger partial charge in [0.1, 0.15) is 0 Å². The number of nitrogens with one attached hydrogen (secondary N) is 1. The topological polar surface area (TPSA) is 98.5 Å². The maximum Gasteiger partial charge on any atom is 0.376 e. The number of hydrogen-bond acceptors (Lipinski definition) is 6. The summed E-state index contributed by atoms with van der Waals surface area (Å²) in [7, 11) is -4.09. The van der Waals surface area contributed by atoms with Crippen molar-refractivity contribution in [3.05, 3.63) is 40.2 Å². The Morgan fingerprint density at radius 2 is 2.09 bits per heavy atom. The Balaban J connectivity index is 2.31. The first-order valence-corrected chi connectivity index (χ1v) is 8.54. The number of nitrogens with zero attached hydrogens (tertiary/aromatic N) is 1.